The van der Waals surface area contributed by atoms with Crippen LogP contribution in [0.3, 0.4) is 0 Å². The summed E-state index contributed by atoms with van der Waals surface area (Å²) < 4.78 is 0. The first kappa shape index (κ1) is 10.1. The van der Waals surface area contributed by atoms with E-state index in [9.17, 15) is 10.2 Å². The molecule has 0 radical (unpaired) electrons. The molecule has 0 aromatic heterocycles. The average molecular weight is 208 g/mol. The topological polar surface area (TPSA) is 69.7 Å². The maximum Gasteiger partial charge on any atom is 0.117 e. The molecule has 15 heavy (non-hydrogen) atoms. The Kier molecular flexibility index (Phi) is 2.68. The van der Waals surface area contributed by atoms with Gasteiger partial charge in [0.1, 0.15) is 5.75 Å². The lowest BCUT2D eigenvalue weighted by molar-refractivity contribution is 0.145. The second-order valence-electron chi connectivity index (χ2n) is 3.96. The van der Waals surface area contributed by atoms with Gasteiger partial charge in [-0.05, 0) is 25.0 Å². The number of piperidine rings is 1. The molecule has 0 bridgehead atoms. The quantitative estimate of drug-likeness (QED) is 0.474. The molecule has 0 amide bonds. The number of rotatable bonds is 1. The van der Waals surface area contributed by atoms with E-state index in [0.29, 0.717) is 5.69 Å². The van der Waals surface area contributed by atoms with Gasteiger partial charge in [-0.25, -0.2) is 0 Å². The first-order valence-corrected chi connectivity index (χ1v) is 5.18. The Morgan fingerprint density at radius 1 is 1.27 bits per heavy atom. The van der Waals surface area contributed by atoms with Crippen molar-refractivity contribution in [1.29, 1.82) is 0 Å². The van der Waals surface area contributed by atoms with Gasteiger partial charge in [-0.15, -0.1) is 0 Å². The van der Waals surface area contributed by atoms with Crippen LogP contribution in [0.4, 0.5) is 11.4 Å². The number of nitrogen functional groups attached to an aromatic ring is 1. The van der Waals surface area contributed by atoms with E-state index in [1.54, 1.807) is 18.2 Å². The summed E-state index contributed by atoms with van der Waals surface area (Å²) >= 11 is 0. The number of aliphatic hydroxyl groups is 1. The van der Waals surface area contributed by atoms with Gasteiger partial charge in [-0.2, -0.15) is 0 Å². The lowest BCUT2D eigenvalue weighted by Crippen LogP contribution is -2.36. The highest BCUT2D eigenvalue weighted by molar-refractivity contribution is 5.69. The van der Waals surface area contributed by atoms with E-state index in [0.717, 1.165) is 31.6 Å². The van der Waals surface area contributed by atoms with Crippen LogP contribution in [0.15, 0.2) is 18.2 Å². The van der Waals surface area contributed by atoms with Crippen molar-refractivity contribution in [2.24, 2.45) is 0 Å². The molecule has 1 saturated heterocycles. The minimum absolute atomic E-state index is 0.195. The summed E-state index contributed by atoms with van der Waals surface area (Å²) in [5.41, 5.74) is 7.37. The van der Waals surface area contributed by atoms with Crippen molar-refractivity contribution in [3.8, 4) is 5.75 Å². The Labute approximate surface area is 88.9 Å². The largest absolute Gasteiger partial charge is 0.508 e. The summed E-state index contributed by atoms with van der Waals surface area (Å²) in [6.07, 6.45) is 1.32. The molecule has 2 rings (SSSR count). The second kappa shape index (κ2) is 3.98. The molecule has 1 aliphatic heterocycles. The molecule has 82 valence electrons. The molecule has 0 spiro atoms. The van der Waals surface area contributed by atoms with Crippen molar-refractivity contribution in [3.05, 3.63) is 18.2 Å². The minimum Gasteiger partial charge on any atom is -0.508 e. The Morgan fingerprint density at radius 3 is 2.60 bits per heavy atom. The average Bonchev–Trinajstić information content (AvgIpc) is 2.23. The second-order valence-corrected chi connectivity index (χ2v) is 3.96. The van der Waals surface area contributed by atoms with E-state index in [1.807, 2.05) is 0 Å². The fraction of sp³-hybridized carbons (Fsp3) is 0.455. The first-order chi connectivity index (χ1) is 7.16. The molecule has 1 aromatic carbocycles. The van der Waals surface area contributed by atoms with E-state index in [1.165, 1.54) is 0 Å². The summed E-state index contributed by atoms with van der Waals surface area (Å²) in [7, 11) is 0. The van der Waals surface area contributed by atoms with Crippen LogP contribution in [0.2, 0.25) is 0 Å². The number of anilines is 2. The maximum atomic E-state index is 9.39. The number of benzene rings is 1. The van der Waals surface area contributed by atoms with E-state index in [4.69, 9.17) is 5.73 Å². The van der Waals surface area contributed by atoms with Gasteiger partial charge in [-0.3, -0.25) is 0 Å². The number of phenols is 1. The third-order valence-corrected chi connectivity index (χ3v) is 2.82. The molecular weight excluding hydrogens is 192 g/mol. The first-order valence-electron chi connectivity index (χ1n) is 5.18. The zero-order valence-corrected chi connectivity index (χ0v) is 8.56. The van der Waals surface area contributed by atoms with Crippen molar-refractivity contribution < 1.29 is 10.2 Å². The summed E-state index contributed by atoms with van der Waals surface area (Å²) in [5, 5.41) is 18.8. The van der Waals surface area contributed by atoms with Gasteiger partial charge in [0, 0.05) is 19.2 Å². The van der Waals surface area contributed by atoms with E-state index < -0.39 is 0 Å². The van der Waals surface area contributed by atoms with Gasteiger partial charge in [0.25, 0.3) is 0 Å². The van der Waals surface area contributed by atoms with Gasteiger partial charge in [0.15, 0.2) is 0 Å². The van der Waals surface area contributed by atoms with Crippen molar-refractivity contribution in [3.63, 3.8) is 0 Å². The lowest BCUT2D eigenvalue weighted by atomic mass is 10.1. The van der Waals surface area contributed by atoms with E-state index >= 15 is 0 Å². The van der Waals surface area contributed by atoms with Crippen LogP contribution < -0.4 is 10.6 Å². The molecule has 4 N–H and O–H groups in total. The van der Waals surface area contributed by atoms with E-state index in [-0.39, 0.29) is 11.9 Å². The molecule has 4 heteroatoms. The van der Waals surface area contributed by atoms with Crippen molar-refractivity contribution >= 4 is 11.4 Å². The van der Waals surface area contributed by atoms with Crippen LogP contribution in [0.1, 0.15) is 12.8 Å². The Morgan fingerprint density at radius 2 is 1.93 bits per heavy atom. The standard InChI is InChI=1S/C11H16N2O2/c12-10-2-1-9(15)7-11(10)13-5-3-8(14)4-6-13/h1-2,7-8,14-15H,3-6,12H2. The van der Waals surface area contributed by atoms with Gasteiger partial charge in [0.05, 0.1) is 17.5 Å². The van der Waals surface area contributed by atoms with Crippen molar-refractivity contribution in [2.75, 3.05) is 23.7 Å². The van der Waals surface area contributed by atoms with Crippen LogP contribution in [0.5, 0.6) is 5.75 Å². The summed E-state index contributed by atoms with van der Waals surface area (Å²) in [4.78, 5) is 2.10. The smallest absolute Gasteiger partial charge is 0.117 e. The summed E-state index contributed by atoms with van der Waals surface area (Å²) in [6, 6.07) is 4.96. The summed E-state index contributed by atoms with van der Waals surface area (Å²) in [5.74, 6) is 0.227. The number of aliphatic hydroxyl groups excluding tert-OH is 1. The normalized spacial score (nSPS) is 18.1. The molecule has 1 fully saturated rings. The molecule has 0 unspecified atom stereocenters. The SMILES string of the molecule is Nc1ccc(O)cc1N1CCC(O)CC1. The highest BCUT2D eigenvalue weighted by Crippen LogP contribution is 2.29. The Balaban J connectivity index is 2.18. The van der Waals surface area contributed by atoms with Crippen LogP contribution >= 0.6 is 0 Å². The molecular formula is C11H16N2O2. The fourth-order valence-electron chi connectivity index (χ4n) is 1.91. The van der Waals surface area contributed by atoms with Crippen LogP contribution in [-0.4, -0.2) is 29.4 Å². The number of phenolic OH excluding ortho intramolecular Hbond substituents is 1. The van der Waals surface area contributed by atoms with Crippen molar-refractivity contribution in [1.82, 2.24) is 0 Å². The maximum absolute atomic E-state index is 9.39. The molecule has 1 aromatic rings. The van der Waals surface area contributed by atoms with Crippen molar-refractivity contribution in [2.45, 2.75) is 18.9 Å². The molecule has 1 heterocycles. The summed E-state index contributed by atoms with van der Waals surface area (Å²) in [6.45, 7) is 1.57. The molecule has 1 aliphatic rings. The number of aromatic hydroxyl groups is 1. The number of hydrogen-bond donors (Lipinski definition) is 3. The Hall–Kier alpha value is -1.42. The van der Waals surface area contributed by atoms with Crippen LogP contribution in [0.25, 0.3) is 0 Å². The number of nitrogens with two attached hydrogens (primary N) is 1. The number of nitrogens with zero attached hydrogens (tertiary/aromatic N) is 1. The predicted octanol–water partition coefficient (Wildman–Crippen LogP) is 0.935. The van der Waals surface area contributed by atoms with Crippen LogP contribution in [-0.2, 0) is 0 Å². The minimum atomic E-state index is -0.195. The number of hydrogen-bond acceptors (Lipinski definition) is 4. The Bertz CT molecular complexity index is 346. The zero-order chi connectivity index (χ0) is 10.8. The highest BCUT2D eigenvalue weighted by atomic mass is 16.3. The van der Waals surface area contributed by atoms with Gasteiger partial charge >= 0.3 is 0 Å². The van der Waals surface area contributed by atoms with Crippen LogP contribution in [0, 0.1) is 0 Å². The molecule has 4 nitrogen and oxygen atoms in total. The highest BCUT2D eigenvalue weighted by Gasteiger charge is 2.18. The predicted molar refractivity (Wildman–Crippen MR) is 60.0 cm³/mol. The fourth-order valence-corrected chi connectivity index (χ4v) is 1.91. The van der Waals surface area contributed by atoms with Gasteiger partial charge in [0.2, 0.25) is 0 Å². The van der Waals surface area contributed by atoms with Gasteiger partial charge < -0.3 is 20.8 Å². The molecule has 0 saturated carbocycles. The van der Waals surface area contributed by atoms with E-state index in [2.05, 4.69) is 4.90 Å². The lowest BCUT2D eigenvalue weighted by Gasteiger charge is -2.32. The zero-order valence-electron chi connectivity index (χ0n) is 8.56. The third-order valence-electron chi connectivity index (χ3n) is 2.82. The monoisotopic (exact) mass is 208 g/mol. The van der Waals surface area contributed by atoms with Gasteiger partial charge in [-0.1, -0.05) is 0 Å². The molecule has 0 atom stereocenters. The third kappa shape index (κ3) is 2.15. The molecule has 0 aliphatic carbocycles.